The van der Waals surface area contributed by atoms with E-state index in [0.717, 1.165) is 0 Å². The fraction of sp³-hybridized carbons (Fsp3) is 0.375. The molecular formula is C16H19ClN6O3. The van der Waals surface area contributed by atoms with E-state index in [1.807, 2.05) is 4.90 Å². The molecule has 2 N–H and O–H groups in total. The van der Waals surface area contributed by atoms with Crippen LogP contribution in [0.5, 0.6) is 0 Å². The van der Waals surface area contributed by atoms with Gasteiger partial charge in [0.15, 0.2) is 0 Å². The Balaban J connectivity index is 1.85. The zero-order valence-corrected chi connectivity index (χ0v) is 14.8. The molecule has 0 saturated carbocycles. The zero-order chi connectivity index (χ0) is 18.5. The Hall–Kier alpha value is -2.49. The molecule has 9 nitrogen and oxygen atoms in total. The standard InChI is InChI=1S/C16H19ClN6O3/c17-12-1-3-13(4-2-12)20-15-14(23(25)26)16(19-11-18-15)22-7-5-21(6-8-22)9-10-24/h1-4,11,24H,5-10H2,(H,18,19,20). The summed E-state index contributed by atoms with van der Waals surface area (Å²) in [5.74, 6) is 0.435. The minimum atomic E-state index is -0.465. The lowest BCUT2D eigenvalue weighted by molar-refractivity contribution is -0.383. The van der Waals surface area contributed by atoms with Crippen LogP contribution in [-0.4, -0.2) is 64.2 Å². The van der Waals surface area contributed by atoms with Gasteiger partial charge in [0.25, 0.3) is 0 Å². The summed E-state index contributed by atoms with van der Waals surface area (Å²) in [6.45, 7) is 3.31. The third kappa shape index (κ3) is 4.18. The average Bonchev–Trinajstić information content (AvgIpc) is 2.64. The van der Waals surface area contributed by atoms with E-state index in [2.05, 4.69) is 20.2 Å². The molecule has 1 aromatic heterocycles. The predicted octanol–water partition coefficient (Wildman–Crippen LogP) is 1.90. The first-order chi connectivity index (χ1) is 12.6. The number of aromatic nitrogens is 2. The second kappa shape index (κ2) is 8.26. The van der Waals surface area contributed by atoms with Crippen LogP contribution in [0.25, 0.3) is 0 Å². The summed E-state index contributed by atoms with van der Waals surface area (Å²) in [5, 5.41) is 24.3. The number of nitrogens with one attached hydrogen (secondary N) is 1. The van der Waals surface area contributed by atoms with Crippen LogP contribution in [0.2, 0.25) is 5.02 Å². The second-order valence-electron chi connectivity index (χ2n) is 5.84. The summed E-state index contributed by atoms with van der Waals surface area (Å²) < 4.78 is 0. The Morgan fingerprint density at radius 2 is 1.88 bits per heavy atom. The van der Waals surface area contributed by atoms with E-state index in [9.17, 15) is 10.1 Å². The molecule has 0 atom stereocenters. The lowest BCUT2D eigenvalue weighted by Crippen LogP contribution is -2.47. The third-order valence-electron chi connectivity index (χ3n) is 4.18. The quantitative estimate of drug-likeness (QED) is 0.579. The molecule has 1 fully saturated rings. The minimum Gasteiger partial charge on any atom is -0.395 e. The number of rotatable bonds is 6. The number of halogens is 1. The lowest BCUT2D eigenvalue weighted by Gasteiger charge is -2.34. The van der Waals surface area contributed by atoms with Crippen LogP contribution < -0.4 is 10.2 Å². The van der Waals surface area contributed by atoms with Crippen LogP contribution in [0.4, 0.5) is 23.0 Å². The van der Waals surface area contributed by atoms with Crippen LogP contribution in [0.15, 0.2) is 30.6 Å². The van der Waals surface area contributed by atoms with E-state index in [-0.39, 0.29) is 18.1 Å². The molecule has 2 aromatic rings. The maximum atomic E-state index is 11.7. The van der Waals surface area contributed by atoms with Gasteiger partial charge >= 0.3 is 5.69 Å². The van der Waals surface area contributed by atoms with Crippen molar-refractivity contribution in [3.63, 3.8) is 0 Å². The van der Waals surface area contributed by atoms with Gasteiger partial charge in [-0.1, -0.05) is 11.6 Å². The average molecular weight is 379 g/mol. The van der Waals surface area contributed by atoms with Gasteiger partial charge in [0.05, 0.1) is 11.5 Å². The molecule has 3 rings (SSSR count). The van der Waals surface area contributed by atoms with Crippen molar-refractivity contribution in [3.8, 4) is 0 Å². The molecule has 10 heteroatoms. The maximum absolute atomic E-state index is 11.7. The highest BCUT2D eigenvalue weighted by molar-refractivity contribution is 6.30. The van der Waals surface area contributed by atoms with Crippen molar-refractivity contribution in [1.82, 2.24) is 14.9 Å². The Morgan fingerprint density at radius 3 is 2.50 bits per heavy atom. The van der Waals surface area contributed by atoms with Crippen molar-refractivity contribution >= 4 is 34.6 Å². The molecule has 0 amide bonds. The third-order valence-corrected chi connectivity index (χ3v) is 4.43. The number of β-amino-alcohol motifs (C(OH)–C–C–N with tert-alkyl or cyclic N) is 1. The first-order valence-corrected chi connectivity index (χ1v) is 8.56. The Bertz CT molecular complexity index is 765. The Kier molecular flexibility index (Phi) is 5.82. The number of benzene rings is 1. The lowest BCUT2D eigenvalue weighted by atomic mass is 10.2. The summed E-state index contributed by atoms with van der Waals surface area (Å²) in [6.07, 6.45) is 1.32. The van der Waals surface area contributed by atoms with Crippen LogP contribution in [0, 0.1) is 10.1 Å². The summed E-state index contributed by atoms with van der Waals surface area (Å²) in [5.41, 5.74) is 0.493. The molecule has 1 saturated heterocycles. The molecule has 0 radical (unpaired) electrons. The molecule has 0 spiro atoms. The van der Waals surface area contributed by atoms with E-state index in [0.29, 0.717) is 49.3 Å². The van der Waals surface area contributed by atoms with Gasteiger partial charge in [0.1, 0.15) is 6.33 Å². The van der Waals surface area contributed by atoms with Crippen molar-refractivity contribution in [3.05, 3.63) is 45.7 Å². The first kappa shape index (κ1) is 18.3. The fourth-order valence-corrected chi connectivity index (χ4v) is 2.98. The summed E-state index contributed by atoms with van der Waals surface area (Å²) in [7, 11) is 0. The summed E-state index contributed by atoms with van der Waals surface area (Å²) in [6, 6.07) is 6.83. The fourth-order valence-electron chi connectivity index (χ4n) is 2.86. The highest BCUT2D eigenvalue weighted by Gasteiger charge is 2.29. The number of anilines is 3. The van der Waals surface area contributed by atoms with Gasteiger partial charge < -0.3 is 15.3 Å². The monoisotopic (exact) mass is 378 g/mol. The minimum absolute atomic E-state index is 0.100. The van der Waals surface area contributed by atoms with Crippen molar-refractivity contribution in [2.24, 2.45) is 0 Å². The Labute approximate surface area is 155 Å². The summed E-state index contributed by atoms with van der Waals surface area (Å²) >= 11 is 5.87. The normalized spacial score (nSPS) is 15.1. The van der Waals surface area contributed by atoms with Gasteiger partial charge in [-0.2, -0.15) is 0 Å². The molecule has 1 aromatic carbocycles. The number of aliphatic hydroxyl groups is 1. The van der Waals surface area contributed by atoms with Crippen molar-refractivity contribution in [2.45, 2.75) is 0 Å². The van der Waals surface area contributed by atoms with E-state index in [4.69, 9.17) is 16.7 Å². The van der Waals surface area contributed by atoms with E-state index >= 15 is 0 Å². The van der Waals surface area contributed by atoms with E-state index in [1.165, 1.54) is 6.33 Å². The largest absolute Gasteiger partial charge is 0.395 e. The molecular weight excluding hydrogens is 360 g/mol. The molecule has 138 valence electrons. The van der Waals surface area contributed by atoms with Crippen LogP contribution >= 0.6 is 11.6 Å². The van der Waals surface area contributed by atoms with Gasteiger partial charge in [-0.25, -0.2) is 9.97 Å². The number of hydrogen-bond donors (Lipinski definition) is 2. The maximum Gasteiger partial charge on any atom is 0.353 e. The van der Waals surface area contributed by atoms with Crippen molar-refractivity contribution in [2.75, 3.05) is 49.5 Å². The van der Waals surface area contributed by atoms with Gasteiger partial charge in [-0.15, -0.1) is 0 Å². The van der Waals surface area contributed by atoms with Crippen LogP contribution in [0.3, 0.4) is 0 Å². The van der Waals surface area contributed by atoms with Gasteiger partial charge in [0.2, 0.25) is 11.6 Å². The second-order valence-corrected chi connectivity index (χ2v) is 6.27. The number of hydrogen-bond acceptors (Lipinski definition) is 8. The van der Waals surface area contributed by atoms with Crippen molar-refractivity contribution < 1.29 is 10.0 Å². The zero-order valence-electron chi connectivity index (χ0n) is 14.0. The predicted molar refractivity (Wildman–Crippen MR) is 99.2 cm³/mol. The van der Waals surface area contributed by atoms with Crippen LogP contribution in [-0.2, 0) is 0 Å². The van der Waals surface area contributed by atoms with Crippen molar-refractivity contribution in [1.29, 1.82) is 0 Å². The number of nitrogens with zero attached hydrogens (tertiary/aromatic N) is 5. The number of nitro groups is 1. The van der Waals surface area contributed by atoms with Gasteiger partial charge in [-0.05, 0) is 24.3 Å². The topological polar surface area (TPSA) is 108 Å². The molecule has 0 aliphatic carbocycles. The smallest absolute Gasteiger partial charge is 0.353 e. The van der Waals surface area contributed by atoms with E-state index in [1.54, 1.807) is 24.3 Å². The highest BCUT2D eigenvalue weighted by Crippen LogP contribution is 2.34. The molecule has 2 heterocycles. The SMILES string of the molecule is O=[N+]([O-])c1c(Nc2ccc(Cl)cc2)ncnc1N1CCN(CCO)CC1. The van der Waals surface area contributed by atoms with Gasteiger partial charge in [-0.3, -0.25) is 15.0 Å². The molecule has 1 aliphatic heterocycles. The van der Waals surface area contributed by atoms with Gasteiger partial charge in [0, 0.05) is 43.4 Å². The molecule has 0 unspecified atom stereocenters. The highest BCUT2D eigenvalue weighted by atomic mass is 35.5. The molecule has 0 bridgehead atoms. The molecule has 26 heavy (non-hydrogen) atoms. The Morgan fingerprint density at radius 1 is 1.19 bits per heavy atom. The van der Waals surface area contributed by atoms with Crippen LogP contribution in [0.1, 0.15) is 0 Å². The first-order valence-electron chi connectivity index (χ1n) is 8.18. The summed E-state index contributed by atoms with van der Waals surface area (Å²) in [4.78, 5) is 23.4. The number of aliphatic hydroxyl groups excluding tert-OH is 1. The molecule has 1 aliphatic rings. The van der Waals surface area contributed by atoms with E-state index < -0.39 is 4.92 Å². The number of piperazine rings is 1.